The first-order chi connectivity index (χ1) is 12.1. The van der Waals surface area contributed by atoms with Crippen molar-refractivity contribution in [2.75, 3.05) is 13.7 Å². The van der Waals surface area contributed by atoms with Gasteiger partial charge in [0.15, 0.2) is 6.61 Å². The van der Waals surface area contributed by atoms with Crippen molar-refractivity contribution < 1.29 is 23.9 Å². The maximum Gasteiger partial charge on any atom is 0.315 e. The van der Waals surface area contributed by atoms with E-state index in [4.69, 9.17) is 4.74 Å². The summed E-state index contributed by atoms with van der Waals surface area (Å²) in [5.41, 5.74) is 6.10. The number of nitrogens with one attached hydrogen (secondary N) is 2. The van der Waals surface area contributed by atoms with Crippen LogP contribution in [-0.2, 0) is 19.1 Å². The van der Waals surface area contributed by atoms with E-state index in [1.807, 2.05) is 42.5 Å². The molecule has 2 amide bonds. The van der Waals surface area contributed by atoms with E-state index in [9.17, 15) is 14.4 Å². The summed E-state index contributed by atoms with van der Waals surface area (Å²) in [6, 6.07) is 16.9. The van der Waals surface area contributed by atoms with Crippen LogP contribution in [0.1, 0.15) is 6.42 Å². The number of esters is 1. The van der Waals surface area contributed by atoms with E-state index in [2.05, 4.69) is 15.6 Å². The molecular weight excluding hydrogens is 324 g/mol. The van der Waals surface area contributed by atoms with Crippen LogP contribution < -0.4 is 15.6 Å². The van der Waals surface area contributed by atoms with Crippen LogP contribution in [0.2, 0.25) is 0 Å². The maximum atomic E-state index is 11.8. The molecule has 0 unspecified atom stereocenters. The second kappa shape index (κ2) is 9.07. The first-order valence-electron chi connectivity index (χ1n) is 7.52. The summed E-state index contributed by atoms with van der Waals surface area (Å²) in [6.07, 6.45) is -0.478. The lowest BCUT2D eigenvalue weighted by molar-refractivity contribution is -0.144. The molecule has 0 spiro atoms. The zero-order valence-electron chi connectivity index (χ0n) is 13.7. The number of rotatable bonds is 6. The van der Waals surface area contributed by atoms with Gasteiger partial charge < -0.3 is 9.47 Å². The van der Waals surface area contributed by atoms with Crippen molar-refractivity contribution in [1.82, 2.24) is 10.9 Å². The molecule has 0 atom stereocenters. The fourth-order valence-electron chi connectivity index (χ4n) is 2.01. The molecule has 2 rings (SSSR count). The molecule has 0 bridgehead atoms. The van der Waals surface area contributed by atoms with Crippen LogP contribution in [0.3, 0.4) is 0 Å². The smallest absolute Gasteiger partial charge is 0.315 e. The molecule has 0 radical (unpaired) electrons. The van der Waals surface area contributed by atoms with E-state index in [0.717, 1.165) is 11.1 Å². The summed E-state index contributed by atoms with van der Waals surface area (Å²) in [5.74, 6) is -1.38. The third kappa shape index (κ3) is 5.65. The SMILES string of the molecule is COC(=O)CC(=O)NNC(=O)COc1ccccc1-c1ccccc1. The lowest BCUT2D eigenvalue weighted by atomic mass is 10.1. The van der Waals surface area contributed by atoms with Crippen molar-refractivity contribution in [3.05, 3.63) is 54.6 Å². The monoisotopic (exact) mass is 342 g/mol. The van der Waals surface area contributed by atoms with Crippen molar-refractivity contribution in [3.63, 3.8) is 0 Å². The molecule has 0 saturated carbocycles. The molecule has 2 N–H and O–H groups in total. The Morgan fingerprint density at radius 3 is 2.24 bits per heavy atom. The Kier molecular flexibility index (Phi) is 6.53. The molecule has 2 aromatic rings. The minimum Gasteiger partial charge on any atom is -0.483 e. The number of ether oxygens (including phenoxy) is 2. The van der Waals surface area contributed by atoms with Crippen LogP contribution in [0.5, 0.6) is 5.75 Å². The first kappa shape index (κ1) is 18.0. The van der Waals surface area contributed by atoms with Gasteiger partial charge in [0.2, 0.25) is 5.91 Å². The highest BCUT2D eigenvalue weighted by molar-refractivity contribution is 5.95. The molecular formula is C18H18N2O5. The number of carbonyl (C=O) groups is 3. The summed E-state index contributed by atoms with van der Waals surface area (Å²) < 4.78 is 9.88. The predicted octanol–water partition coefficient (Wildman–Crippen LogP) is 1.44. The Bertz CT molecular complexity index is 746. The van der Waals surface area contributed by atoms with Crippen LogP contribution in [0.4, 0.5) is 0 Å². The van der Waals surface area contributed by atoms with Gasteiger partial charge in [-0.05, 0) is 11.6 Å². The van der Waals surface area contributed by atoms with Crippen molar-refractivity contribution in [3.8, 4) is 16.9 Å². The number of hydrogen-bond acceptors (Lipinski definition) is 5. The van der Waals surface area contributed by atoms with E-state index < -0.39 is 24.2 Å². The number of hydrogen-bond donors (Lipinski definition) is 2. The molecule has 0 aromatic heterocycles. The summed E-state index contributed by atoms with van der Waals surface area (Å²) in [6.45, 7) is -0.289. The topological polar surface area (TPSA) is 93.7 Å². The van der Waals surface area contributed by atoms with Gasteiger partial charge in [0.1, 0.15) is 12.2 Å². The molecule has 0 fully saturated rings. The fraction of sp³-hybridized carbons (Fsp3) is 0.167. The average Bonchev–Trinajstić information content (AvgIpc) is 2.65. The van der Waals surface area contributed by atoms with Crippen molar-refractivity contribution in [2.45, 2.75) is 6.42 Å². The van der Waals surface area contributed by atoms with E-state index in [-0.39, 0.29) is 6.61 Å². The Labute approximate surface area is 144 Å². The van der Waals surface area contributed by atoms with Gasteiger partial charge in [-0.2, -0.15) is 0 Å². The Balaban J connectivity index is 1.88. The molecule has 0 aliphatic heterocycles. The molecule has 0 aliphatic rings. The van der Waals surface area contributed by atoms with Gasteiger partial charge in [0.25, 0.3) is 5.91 Å². The molecule has 2 aromatic carbocycles. The number of hydrazine groups is 1. The van der Waals surface area contributed by atoms with Crippen LogP contribution >= 0.6 is 0 Å². The van der Waals surface area contributed by atoms with Gasteiger partial charge in [-0.1, -0.05) is 48.5 Å². The van der Waals surface area contributed by atoms with Gasteiger partial charge >= 0.3 is 5.97 Å². The van der Waals surface area contributed by atoms with Gasteiger partial charge in [-0.15, -0.1) is 0 Å². The molecule has 7 nitrogen and oxygen atoms in total. The van der Waals surface area contributed by atoms with E-state index in [1.165, 1.54) is 7.11 Å². The number of methoxy groups -OCH3 is 1. The molecule has 0 aliphatic carbocycles. The number of amides is 2. The van der Waals surface area contributed by atoms with Crippen molar-refractivity contribution in [1.29, 1.82) is 0 Å². The molecule has 130 valence electrons. The van der Waals surface area contributed by atoms with E-state index >= 15 is 0 Å². The van der Waals surface area contributed by atoms with Gasteiger partial charge in [0.05, 0.1) is 7.11 Å². The number of para-hydroxylation sites is 1. The first-order valence-corrected chi connectivity index (χ1v) is 7.52. The zero-order chi connectivity index (χ0) is 18.1. The fourth-order valence-corrected chi connectivity index (χ4v) is 2.01. The lowest BCUT2D eigenvalue weighted by Gasteiger charge is -2.12. The van der Waals surface area contributed by atoms with Crippen LogP contribution in [0.25, 0.3) is 11.1 Å². The highest BCUT2D eigenvalue weighted by Crippen LogP contribution is 2.29. The van der Waals surface area contributed by atoms with Gasteiger partial charge in [0, 0.05) is 5.56 Å². The predicted molar refractivity (Wildman–Crippen MR) is 90.3 cm³/mol. The maximum absolute atomic E-state index is 11.8. The number of benzene rings is 2. The van der Waals surface area contributed by atoms with Crippen molar-refractivity contribution >= 4 is 17.8 Å². The molecule has 7 heteroatoms. The summed E-state index contributed by atoms with van der Waals surface area (Å²) >= 11 is 0. The highest BCUT2D eigenvalue weighted by Gasteiger charge is 2.11. The summed E-state index contributed by atoms with van der Waals surface area (Å²) in [7, 11) is 1.17. The minimum absolute atomic E-state index is 0.289. The lowest BCUT2D eigenvalue weighted by Crippen LogP contribution is -2.44. The third-order valence-corrected chi connectivity index (χ3v) is 3.20. The Hall–Kier alpha value is -3.35. The summed E-state index contributed by atoms with van der Waals surface area (Å²) in [5, 5.41) is 0. The standard InChI is InChI=1S/C18H18N2O5/c1-24-18(23)11-16(21)19-20-17(22)12-25-15-10-6-5-9-14(15)13-7-3-2-4-8-13/h2-10H,11-12H2,1H3,(H,19,21)(H,20,22). The minimum atomic E-state index is -0.695. The van der Waals surface area contributed by atoms with E-state index in [1.54, 1.807) is 12.1 Å². The Morgan fingerprint density at radius 1 is 0.880 bits per heavy atom. The number of carbonyl (C=O) groups excluding carboxylic acids is 3. The zero-order valence-corrected chi connectivity index (χ0v) is 13.7. The van der Waals surface area contributed by atoms with Crippen LogP contribution in [-0.4, -0.2) is 31.5 Å². The summed E-state index contributed by atoms with van der Waals surface area (Å²) in [4.78, 5) is 34.0. The third-order valence-electron chi connectivity index (χ3n) is 3.20. The molecule has 0 saturated heterocycles. The second-order valence-electron chi connectivity index (χ2n) is 5.00. The van der Waals surface area contributed by atoms with E-state index in [0.29, 0.717) is 5.75 Å². The van der Waals surface area contributed by atoms with Crippen LogP contribution in [0, 0.1) is 0 Å². The quantitative estimate of drug-likeness (QED) is 0.471. The van der Waals surface area contributed by atoms with Crippen molar-refractivity contribution in [2.24, 2.45) is 0 Å². The molecule has 0 heterocycles. The highest BCUT2D eigenvalue weighted by atomic mass is 16.5. The largest absolute Gasteiger partial charge is 0.483 e. The Morgan fingerprint density at radius 2 is 1.52 bits per heavy atom. The second-order valence-corrected chi connectivity index (χ2v) is 5.00. The van der Waals surface area contributed by atoms with Gasteiger partial charge in [-0.25, -0.2) is 0 Å². The van der Waals surface area contributed by atoms with Gasteiger partial charge in [-0.3, -0.25) is 25.2 Å². The molecule has 25 heavy (non-hydrogen) atoms. The normalized spacial score (nSPS) is 9.80. The van der Waals surface area contributed by atoms with Crippen LogP contribution in [0.15, 0.2) is 54.6 Å². The average molecular weight is 342 g/mol.